The number of nitriles is 1. The molecule has 0 heterocycles. The number of aliphatic carboxylic acids is 1. The maximum Gasteiger partial charge on any atom is 0.320 e. The molecule has 5 heteroatoms. The van der Waals surface area contributed by atoms with Crippen LogP contribution in [-0.4, -0.2) is 29.7 Å². The van der Waals surface area contributed by atoms with Crippen LogP contribution in [0.5, 0.6) is 0 Å². The van der Waals surface area contributed by atoms with Crippen molar-refractivity contribution in [1.29, 1.82) is 5.26 Å². The molecule has 5 nitrogen and oxygen atoms in total. The maximum atomic E-state index is 10.6. The largest absolute Gasteiger partial charge is 0.480 e. The van der Waals surface area contributed by atoms with E-state index in [-0.39, 0.29) is 6.04 Å². The molecule has 4 N–H and O–H groups in total. The van der Waals surface area contributed by atoms with Crippen LogP contribution in [0.15, 0.2) is 30.3 Å². The van der Waals surface area contributed by atoms with Crippen LogP contribution in [0.1, 0.15) is 31.2 Å². The van der Waals surface area contributed by atoms with Crippen molar-refractivity contribution in [3.8, 4) is 6.07 Å². The van der Waals surface area contributed by atoms with E-state index in [1.807, 2.05) is 18.2 Å². The molecule has 0 fully saturated rings. The minimum Gasteiger partial charge on any atom is -0.480 e. The normalized spacial score (nSPS) is 13.3. The zero-order chi connectivity index (χ0) is 15.5. The van der Waals surface area contributed by atoms with Crippen LogP contribution in [0.25, 0.3) is 0 Å². The van der Waals surface area contributed by atoms with Crippen LogP contribution >= 0.6 is 0 Å². The average molecular weight is 289 g/mol. The van der Waals surface area contributed by atoms with E-state index in [9.17, 15) is 4.79 Å². The summed E-state index contributed by atoms with van der Waals surface area (Å²) < 4.78 is 0. The van der Waals surface area contributed by atoms with Crippen LogP contribution in [0.4, 0.5) is 0 Å². The molecule has 0 amide bonds. The van der Waals surface area contributed by atoms with Gasteiger partial charge in [0.1, 0.15) is 6.04 Å². The molecule has 0 aliphatic carbocycles. The summed E-state index contributed by atoms with van der Waals surface area (Å²) in [4.78, 5) is 10.6. The number of carboxylic acid groups (broad SMARTS) is 1. The van der Waals surface area contributed by atoms with E-state index in [4.69, 9.17) is 16.1 Å². The first-order valence-electron chi connectivity index (χ1n) is 7.28. The van der Waals surface area contributed by atoms with Crippen molar-refractivity contribution in [3.63, 3.8) is 0 Å². The first-order chi connectivity index (χ1) is 10.1. The molecule has 21 heavy (non-hydrogen) atoms. The van der Waals surface area contributed by atoms with Gasteiger partial charge < -0.3 is 16.2 Å². The van der Waals surface area contributed by atoms with Crippen LogP contribution < -0.4 is 11.1 Å². The molecule has 0 bridgehead atoms. The number of aryl methyl sites for hydroxylation is 1. The topological polar surface area (TPSA) is 99.1 Å². The molecular formula is C16H23N3O2. The second kappa shape index (κ2) is 9.92. The third-order valence-electron chi connectivity index (χ3n) is 3.37. The molecule has 0 saturated carbocycles. The predicted octanol–water partition coefficient (Wildman–Crippen LogP) is 1.68. The number of carboxylic acids is 1. The minimum absolute atomic E-state index is 0.168. The first kappa shape index (κ1) is 17.2. The Morgan fingerprint density at radius 3 is 2.62 bits per heavy atom. The van der Waals surface area contributed by atoms with Crippen molar-refractivity contribution in [3.05, 3.63) is 35.9 Å². The lowest BCUT2D eigenvalue weighted by atomic mass is 10.1. The van der Waals surface area contributed by atoms with E-state index in [0.717, 1.165) is 25.7 Å². The van der Waals surface area contributed by atoms with Gasteiger partial charge in [-0.05, 0) is 37.8 Å². The number of nitrogens with zero attached hydrogens (tertiary/aromatic N) is 1. The minimum atomic E-state index is -0.958. The summed E-state index contributed by atoms with van der Waals surface area (Å²) in [5, 5.41) is 21.0. The number of hydrogen-bond donors (Lipinski definition) is 3. The Labute approximate surface area is 125 Å². The Morgan fingerprint density at radius 1 is 1.29 bits per heavy atom. The Bertz CT molecular complexity index is 456. The highest BCUT2D eigenvalue weighted by atomic mass is 16.4. The summed E-state index contributed by atoms with van der Waals surface area (Å²) in [5.74, 6) is -0.958. The van der Waals surface area contributed by atoms with Crippen molar-refractivity contribution in [2.24, 2.45) is 5.73 Å². The molecule has 0 aliphatic rings. The van der Waals surface area contributed by atoms with Gasteiger partial charge in [0.25, 0.3) is 0 Å². The van der Waals surface area contributed by atoms with Crippen molar-refractivity contribution in [2.45, 2.75) is 44.2 Å². The van der Waals surface area contributed by atoms with Gasteiger partial charge in [0, 0.05) is 0 Å². The molecule has 0 aromatic heterocycles. The molecule has 114 valence electrons. The summed E-state index contributed by atoms with van der Waals surface area (Å²) in [7, 11) is 0. The molecule has 0 spiro atoms. The van der Waals surface area contributed by atoms with E-state index >= 15 is 0 Å². The second-order valence-corrected chi connectivity index (χ2v) is 5.10. The van der Waals surface area contributed by atoms with E-state index in [1.54, 1.807) is 0 Å². The number of nitrogens with one attached hydrogen (secondary N) is 1. The number of rotatable bonds is 10. The smallest absolute Gasteiger partial charge is 0.320 e. The fraction of sp³-hybridized carbons (Fsp3) is 0.500. The van der Waals surface area contributed by atoms with Gasteiger partial charge in [-0.3, -0.25) is 4.79 Å². The second-order valence-electron chi connectivity index (χ2n) is 5.10. The molecule has 0 saturated heterocycles. The van der Waals surface area contributed by atoms with Gasteiger partial charge in [-0.2, -0.15) is 5.26 Å². The average Bonchev–Trinajstić information content (AvgIpc) is 2.50. The number of unbranched alkanes of at least 4 members (excludes halogenated alkanes) is 1. The van der Waals surface area contributed by atoms with Crippen molar-refractivity contribution in [2.75, 3.05) is 6.54 Å². The van der Waals surface area contributed by atoms with Crippen LogP contribution in [-0.2, 0) is 11.2 Å². The highest BCUT2D eigenvalue weighted by Gasteiger charge is 2.10. The van der Waals surface area contributed by atoms with E-state index in [2.05, 4.69) is 23.5 Å². The van der Waals surface area contributed by atoms with Crippen molar-refractivity contribution < 1.29 is 9.90 Å². The third kappa shape index (κ3) is 7.45. The molecule has 1 rings (SSSR count). The summed E-state index contributed by atoms with van der Waals surface area (Å²) >= 11 is 0. The van der Waals surface area contributed by atoms with Crippen molar-refractivity contribution >= 4 is 5.97 Å². The Kier molecular flexibility index (Phi) is 8.10. The maximum absolute atomic E-state index is 10.6. The number of benzene rings is 1. The molecule has 1 unspecified atom stereocenters. The fourth-order valence-electron chi connectivity index (χ4n) is 2.06. The van der Waals surface area contributed by atoms with Gasteiger partial charge in [0.05, 0.1) is 12.1 Å². The Hall–Kier alpha value is -1.90. The Morgan fingerprint density at radius 2 is 2.00 bits per heavy atom. The zero-order valence-corrected chi connectivity index (χ0v) is 12.2. The highest BCUT2D eigenvalue weighted by Crippen LogP contribution is 2.05. The van der Waals surface area contributed by atoms with E-state index in [1.165, 1.54) is 5.56 Å². The molecule has 1 aromatic carbocycles. The summed E-state index contributed by atoms with van der Waals surface area (Å²) in [6.07, 6.45) is 3.69. The van der Waals surface area contributed by atoms with Gasteiger partial charge in [0.15, 0.2) is 0 Å². The Balaban J connectivity index is 2.14. The standard InChI is InChI=1S/C16H23N3O2/c17-12-14(10-9-13-6-2-1-3-7-13)19-11-5-4-8-15(18)16(20)21/h1-3,6-7,14-15,19H,4-5,8-11,18H2,(H,20,21)/t14?,15-/m0/s1. The van der Waals surface area contributed by atoms with Gasteiger partial charge in [-0.1, -0.05) is 36.8 Å². The van der Waals surface area contributed by atoms with Crippen LogP contribution in [0.2, 0.25) is 0 Å². The SMILES string of the molecule is N#CC(CCc1ccccc1)NCCCC[C@H](N)C(=O)O. The van der Waals surface area contributed by atoms with E-state index in [0.29, 0.717) is 13.0 Å². The monoisotopic (exact) mass is 289 g/mol. The lowest BCUT2D eigenvalue weighted by Crippen LogP contribution is -2.31. The van der Waals surface area contributed by atoms with Crippen LogP contribution in [0.3, 0.4) is 0 Å². The molecule has 0 radical (unpaired) electrons. The predicted molar refractivity (Wildman–Crippen MR) is 81.6 cm³/mol. The quantitative estimate of drug-likeness (QED) is 0.569. The molecular weight excluding hydrogens is 266 g/mol. The summed E-state index contributed by atoms with van der Waals surface area (Å²) in [5.41, 5.74) is 6.65. The van der Waals surface area contributed by atoms with Crippen LogP contribution in [0, 0.1) is 11.3 Å². The highest BCUT2D eigenvalue weighted by molar-refractivity contribution is 5.72. The number of hydrogen-bond acceptors (Lipinski definition) is 4. The first-order valence-corrected chi connectivity index (χ1v) is 7.28. The van der Waals surface area contributed by atoms with E-state index < -0.39 is 12.0 Å². The molecule has 2 atom stereocenters. The number of nitrogens with two attached hydrogens (primary N) is 1. The van der Waals surface area contributed by atoms with Gasteiger partial charge in [-0.25, -0.2) is 0 Å². The lowest BCUT2D eigenvalue weighted by Gasteiger charge is -2.12. The van der Waals surface area contributed by atoms with Gasteiger partial charge in [0.2, 0.25) is 0 Å². The zero-order valence-electron chi connectivity index (χ0n) is 12.2. The number of carbonyl (C=O) groups is 1. The fourth-order valence-corrected chi connectivity index (χ4v) is 2.06. The third-order valence-corrected chi connectivity index (χ3v) is 3.37. The molecule has 1 aromatic rings. The molecule has 0 aliphatic heterocycles. The van der Waals surface area contributed by atoms with Gasteiger partial charge >= 0.3 is 5.97 Å². The van der Waals surface area contributed by atoms with Gasteiger partial charge in [-0.15, -0.1) is 0 Å². The lowest BCUT2D eigenvalue weighted by molar-refractivity contribution is -0.138. The van der Waals surface area contributed by atoms with Crippen molar-refractivity contribution in [1.82, 2.24) is 5.32 Å². The summed E-state index contributed by atoms with van der Waals surface area (Å²) in [6, 6.07) is 11.4. The summed E-state index contributed by atoms with van der Waals surface area (Å²) in [6.45, 7) is 0.708.